The highest BCUT2D eigenvalue weighted by Crippen LogP contribution is 2.18. The number of hydrogen-bond donors (Lipinski definition) is 2. The molecule has 0 bridgehead atoms. The summed E-state index contributed by atoms with van der Waals surface area (Å²) in [6.07, 6.45) is 9.27. The highest BCUT2D eigenvalue weighted by Gasteiger charge is 2.16. The largest absolute Gasteiger partial charge is 0.325 e. The standard InChI is InChI=1S/C21H30N4O2/c1-2-3-4-5-6-7-12-22-15-20(26)23-16-10-11-18-17(14-16)21(27)25-13-8-9-19(25)24-18/h10-11,14,22H,2-9,12-13,15H2,1H3,(H,23,26). The minimum absolute atomic E-state index is 0.00945. The second-order valence-electron chi connectivity index (χ2n) is 7.31. The fourth-order valence-electron chi connectivity index (χ4n) is 3.60. The molecule has 1 aliphatic rings. The number of carbonyl (C=O) groups is 1. The lowest BCUT2D eigenvalue weighted by atomic mass is 10.1. The first-order valence-electron chi connectivity index (χ1n) is 10.2. The van der Waals surface area contributed by atoms with Crippen LogP contribution in [0.4, 0.5) is 5.69 Å². The van der Waals surface area contributed by atoms with Gasteiger partial charge in [0, 0.05) is 18.7 Å². The summed E-state index contributed by atoms with van der Waals surface area (Å²) in [5.41, 5.74) is 1.34. The lowest BCUT2D eigenvalue weighted by Crippen LogP contribution is -2.29. The topological polar surface area (TPSA) is 76.0 Å². The normalized spacial score (nSPS) is 13.1. The number of aromatic nitrogens is 2. The summed E-state index contributed by atoms with van der Waals surface area (Å²) in [4.78, 5) is 29.3. The molecule has 1 aliphatic heterocycles. The van der Waals surface area contributed by atoms with Gasteiger partial charge in [-0.05, 0) is 37.6 Å². The Bertz CT molecular complexity index is 844. The van der Waals surface area contributed by atoms with Gasteiger partial charge in [-0.25, -0.2) is 4.98 Å². The molecule has 1 aromatic carbocycles. The summed E-state index contributed by atoms with van der Waals surface area (Å²) >= 11 is 0. The van der Waals surface area contributed by atoms with Gasteiger partial charge in [0.15, 0.2) is 0 Å². The van der Waals surface area contributed by atoms with Gasteiger partial charge in [0.2, 0.25) is 5.91 Å². The van der Waals surface area contributed by atoms with Crippen molar-refractivity contribution in [3.8, 4) is 0 Å². The number of anilines is 1. The number of carbonyl (C=O) groups excluding carboxylic acids is 1. The van der Waals surface area contributed by atoms with E-state index in [1.54, 1.807) is 10.6 Å². The van der Waals surface area contributed by atoms with Crippen LogP contribution >= 0.6 is 0 Å². The summed E-state index contributed by atoms with van der Waals surface area (Å²) in [6.45, 7) is 4.09. The molecule has 6 heteroatoms. The number of benzene rings is 1. The molecule has 0 atom stereocenters. The molecule has 27 heavy (non-hydrogen) atoms. The van der Waals surface area contributed by atoms with Crippen LogP contribution in [0.2, 0.25) is 0 Å². The van der Waals surface area contributed by atoms with E-state index in [2.05, 4.69) is 22.5 Å². The Hall–Kier alpha value is -2.21. The Morgan fingerprint density at radius 3 is 2.85 bits per heavy atom. The van der Waals surface area contributed by atoms with Crippen LogP contribution < -0.4 is 16.2 Å². The molecule has 0 aliphatic carbocycles. The molecule has 0 saturated carbocycles. The lowest BCUT2D eigenvalue weighted by molar-refractivity contribution is -0.115. The Morgan fingerprint density at radius 1 is 1.19 bits per heavy atom. The predicted octanol–water partition coefficient (Wildman–Crippen LogP) is 3.23. The van der Waals surface area contributed by atoms with Crippen LogP contribution in [0.1, 0.15) is 57.7 Å². The van der Waals surface area contributed by atoms with Crippen LogP contribution in [0.3, 0.4) is 0 Å². The van der Waals surface area contributed by atoms with Crippen molar-refractivity contribution >= 4 is 22.5 Å². The number of hydrogen-bond acceptors (Lipinski definition) is 4. The second kappa shape index (κ2) is 9.65. The van der Waals surface area contributed by atoms with E-state index < -0.39 is 0 Å². The maximum absolute atomic E-state index is 12.6. The maximum atomic E-state index is 12.6. The van der Waals surface area contributed by atoms with Crippen LogP contribution in [0.25, 0.3) is 10.9 Å². The fraction of sp³-hybridized carbons (Fsp3) is 0.571. The summed E-state index contributed by atoms with van der Waals surface area (Å²) in [5, 5.41) is 6.63. The van der Waals surface area contributed by atoms with Gasteiger partial charge in [-0.3, -0.25) is 14.2 Å². The molecular formula is C21H30N4O2. The molecule has 6 nitrogen and oxygen atoms in total. The van der Waals surface area contributed by atoms with Crippen molar-refractivity contribution in [1.29, 1.82) is 0 Å². The number of aryl methyl sites for hydroxylation is 1. The smallest absolute Gasteiger partial charge is 0.261 e. The lowest BCUT2D eigenvalue weighted by Gasteiger charge is -2.09. The summed E-state index contributed by atoms with van der Waals surface area (Å²) in [5.74, 6) is 0.776. The summed E-state index contributed by atoms with van der Waals surface area (Å²) in [7, 11) is 0. The van der Waals surface area contributed by atoms with E-state index in [0.29, 0.717) is 16.6 Å². The molecule has 0 unspecified atom stereocenters. The number of nitrogens with zero attached hydrogens (tertiary/aromatic N) is 2. The van der Waals surface area contributed by atoms with E-state index in [0.717, 1.165) is 38.2 Å². The van der Waals surface area contributed by atoms with E-state index in [9.17, 15) is 9.59 Å². The first-order chi connectivity index (χ1) is 13.2. The number of amides is 1. The molecule has 0 fully saturated rings. The van der Waals surface area contributed by atoms with E-state index in [4.69, 9.17) is 0 Å². The van der Waals surface area contributed by atoms with Crippen molar-refractivity contribution in [2.24, 2.45) is 0 Å². The van der Waals surface area contributed by atoms with Gasteiger partial charge < -0.3 is 10.6 Å². The van der Waals surface area contributed by atoms with Crippen LogP contribution in [-0.2, 0) is 17.8 Å². The van der Waals surface area contributed by atoms with E-state index >= 15 is 0 Å². The molecule has 0 saturated heterocycles. The number of nitrogens with one attached hydrogen (secondary N) is 2. The molecule has 1 aromatic heterocycles. The van der Waals surface area contributed by atoms with Crippen molar-refractivity contribution in [2.75, 3.05) is 18.4 Å². The van der Waals surface area contributed by atoms with Crippen LogP contribution in [-0.4, -0.2) is 28.5 Å². The third-order valence-corrected chi connectivity index (χ3v) is 5.09. The Labute approximate surface area is 160 Å². The van der Waals surface area contributed by atoms with Gasteiger partial charge in [0.1, 0.15) is 5.82 Å². The van der Waals surface area contributed by atoms with E-state index in [1.165, 1.54) is 32.1 Å². The predicted molar refractivity (Wildman–Crippen MR) is 109 cm³/mol. The molecule has 2 N–H and O–H groups in total. The van der Waals surface area contributed by atoms with Gasteiger partial charge in [-0.15, -0.1) is 0 Å². The molecule has 2 aromatic rings. The zero-order chi connectivity index (χ0) is 19.1. The fourth-order valence-corrected chi connectivity index (χ4v) is 3.60. The van der Waals surface area contributed by atoms with E-state index in [-0.39, 0.29) is 18.0 Å². The Balaban J connectivity index is 1.48. The van der Waals surface area contributed by atoms with Crippen molar-refractivity contribution < 1.29 is 4.79 Å². The molecular weight excluding hydrogens is 340 g/mol. The highest BCUT2D eigenvalue weighted by atomic mass is 16.2. The molecule has 1 amide bonds. The van der Waals surface area contributed by atoms with Gasteiger partial charge in [0.25, 0.3) is 5.56 Å². The quantitative estimate of drug-likeness (QED) is 0.630. The molecule has 0 radical (unpaired) electrons. The van der Waals surface area contributed by atoms with Crippen molar-refractivity contribution in [3.05, 3.63) is 34.4 Å². The number of unbranched alkanes of at least 4 members (excludes halogenated alkanes) is 5. The van der Waals surface area contributed by atoms with Gasteiger partial charge in [-0.1, -0.05) is 39.0 Å². The average molecular weight is 370 g/mol. The minimum atomic E-state index is -0.0884. The van der Waals surface area contributed by atoms with E-state index in [1.807, 2.05) is 12.1 Å². The average Bonchev–Trinajstić information content (AvgIpc) is 3.13. The molecule has 0 spiro atoms. The summed E-state index contributed by atoms with van der Waals surface area (Å²) in [6, 6.07) is 5.36. The zero-order valence-electron chi connectivity index (χ0n) is 16.2. The van der Waals surface area contributed by atoms with Gasteiger partial charge >= 0.3 is 0 Å². The van der Waals surface area contributed by atoms with Crippen LogP contribution in [0.5, 0.6) is 0 Å². The van der Waals surface area contributed by atoms with Crippen LogP contribution in [0, 0.1) is 0 Å². The third kappa shape index (κ3) is 5.16. The molecule has 3 rings (SSSR count). The van der Waals surface area contributed by atoms with Crippen molar-refractivity contribution in [3.63, 3.8) is 0 Å². The molecule has 146 valence electrons. The van der Waals surface area contributed by atoms with Gasteiger partial charge in [0.05, 0.1) is 17.4 Å². The first-order valence-corrected chi connectivity index (χ1v) is 10.2. The third-order valence-electron chi connectivity index (χ3n) is 5.09. The second-order valence-corrected chi connectivity index (χ2v) is 7.31. The van der Waals surface area contributed by atoms with Crippen molar-refractivity contribution in [1.82, 2.24) is 14.9 Å². The van der Waals surface area contributed by atoms with Crippen LogP contribution in [0.15, 0.2) is 23.0 Å². The Morgan fingerprint density at radius 2 is 2.00 bits per heavy atom. The SMILES string of the molecule is CCCCCCCCNCC(=O)Nc1ccc2nc3n(c(=O)c2c1)CCC3. The number of rotatable bonds is 10. The first kappa shape index (κ1) is 19.5. The highest BCUT2D eigenvalue weighted by molar-refractivity contribution is 5.94. The zero-order valence-corrected chi connectivity index (χ0v) is 16.2. The maximum Gasteiger partial charge on any atom is 0.261 e. The van der Waals surface area contributed by atoms with Gasteiger partial charge in [-0.2, -0.15) is 0 Å². The molecule has 2 heterocycles. The van der Waals surface area contributed by atoms with Crippen molar-refractivity contribution in [2.45, 2.75) is 64.8 Å². The summed E-state index contributed by atoms with van der Waals surface area (Å²) < 4.78 is 1.75. The monoisotopic (exact) mass is 370 g/mol. The Kier molecular flexibility index (Phi) is 6.98. The number of fused-ring (bicyclic) bond motifs is 2. The minimum Gasteiger partial charge on any atom is -0.325 e.